The fraction of sp³-hybridized carbons (Fsp3) is 0.750. The van der Waals surface area contributed by atoms with Gasteiger partial charge in [-0.25, -0.2) is 0 Å². The molecule has 0 amide bonds. The molecule has 0 radical (unpaired) electrons. The molecule has 1 saturated carbocycles. The highest BCUT2D eigenvalue weighted by atomic mass is 32.1. The molecule has 7 heteroatoms. The Morgan fingerprint density at radius 2 is 2.19 bits per heavy atom. The molecule has 0 aromatic carbocycles. The Balaban J connectivity index is 1.36. The van der Waals surface area contributed by atoms with Gasteiger partial charge in [0.2, 0.25) is 0 Å². The molecule has 1 aliphatic heterocycles. The molecule has 1 atom stereocenters. The molecule has 1 aromatic rings. The van der Waals surface area contributed by atoms with Gasteiger partial charge in [0, 0.05) is 38.8 Å². The molecule has 2 aliphatic rings. The van der Waals surface area contributed by atoms with Gasteiger partial charge < -0.3 is 20.5 Å². The van der Waals surface area contributed by atoms with E-state index in [1.165, 1.54) is 18.4 Å². The summed E-state index contributed by atoms with van der Waals surface area (Å²) in [5.41, 5.74) is 1.42. The number of ether oxygens (including phenoxy) is 1. The molecule has 3 N–H and O–H groups in total. The van der Waals surface area contributed by atoms with Crippen molar-refractivity contribution in [3.8, 4) is 0 Å². The van der Waals surface area contributed by atoms with Gasteiger partial charge in [0.15, 0.2) is 5.96 Å². The highest BCUT2D eigenvalue weighted by Gasteiger charge is 2.22. The van der Waals surface area contributed by atoms with Crippen molar-refractivity contribution >= 4 is 17.3 Å². The molecule has 2 heterocycles. The molecular weight excluding hydrogens is 360 g/mol. The first-order chi connectivity index (χ1) is 13.2. The maximum absolute atomic E-state index is 10.1. The average molecular weight is 395 g/mol. The summed E-state index contributed by atoms with van der Waals surface area (Å²) in [5, 5.41) is 21.3. The van der Waals surface area contributed by atoms with E-state index in [-0.39, 0.29) is 0 Å². The van der Waals surface area contributed by atoms with E-state index in [0.29, 0.717) is 19.2 Å². The lowest BCUT2D eigenvalue weighted by Gasteiger charge is -2.33. The normalized spacial score (nSPS) is 20.6. The number of nitrogens with one attached hydrogen (secondary N) is 2. The number of aliphatic imine (C=N–C) groups is 1. The molecule has 1 aromatic heterocycles. The van der Waals surface area contributed by atoms with Crippen molar-refractivity contribution in [1.82, 2.24) is 15.5 Å². The fourth-order valence-corrected chi connectivity index (χ4v) is 3.95. The number of likely N-dealkylation sites (tertiary alicyclic amines) is 1. The molecule has 1 aliphatic carbocycles. The van der Waals surface area contributed by atoms with Gasteiger partial charge >= 0.3 is 0 Å². The lowest BCUT2D eigenvalue weighted by atomic mass is 10.0. The summed E-state index contributed by atoms with van der Waals surface area (Å²) in [4.78, 5) is 7.07. The lowest BCUT2D eigenvalue weighted by molar-refractivity contribution is 0.0368. The van der Waals surface area contributed by atoms with E-state index in [1.54, 1.807) is 11.3 Å². The quantitative estimate of drug-likeness (QED) is 0.419. The van der Waals surface area contributed by atoms with E-state index in [0.717, 1.165) is 57.5 Å². The minimum atomic E-state index is -0.535. The van der Waals surface area contributed by atoms with Gasteiger partial charge in [0.1, 0.15) is 0 Å². The van der Waals surface area contributed by atoms with Gasteiger partial charge in [-0.15, -0.1) is 0 Å². The van der Waals surface area contributed by atoms with Gasteiger partial charge in [-0.3, -0.25) is 9.89 Å². The first-order valence-corrected chi connectivity index (χ1v) is 11.2. The van der Waals surface area contributed by atoms with Crippen LogP contribution < -0.4 is 10.6 Å². The summed E-state index contributed by atoms with van der Waals surface area (Å²) in [6, 6.07) is 2.65. The second-order valence-corrected chi connectivity index (χ2v) is 8.46. The van der Waals surface area contributed by atoms with E-state index in [2.05, 4.69) is 44.3 Å². The van der Waals surface area contributed by atoms with Gasteiger partial charge in [-0.2, -0.15) is 11.3 Å². The number of nitrogens with zero attached hydrogens (tertiary/aromatic N) is 2. The highest BCUT2D eigenvalue weighted by molar-refractivity contribution is 7.07. The number of rotatable bonds is 10. The van der Waals surface area contributed by atoms with E-state index >= 15 is 0 Å². The largest absolute Gasteiger partial charge is 0.389 e. The van der Waals surface area contributed by atoms with Crippen molar-refractivity contribution < 1.29 is 9.84 Å². The molecule has 2 fully saturated rings. The van der Waals surface area contributed by atoms with E-state index < -0.39 is 6.10 Å². The molecule has 0 spiro atoms. The second-order valence-electron chi connectivity index (χ2n) is 7.68. The van der Waals surface area contributed by atoms with Crippen LogP contribution in [0.5, 0.6) is 0 Å². The van der Waals surface area contributed by atoms with Gasteiger partial charge in [-0.05, 0) is 60.9 Å². The zero-order valence-corrected chi connectivity index (χ0v) is 17.2. The second kappa shape index (κ2) is 11.0. The lowest BCUT2D eigenvalue weighted by Crippen LogP contribution is -2.48. The van der Waals surface area contributed by atoms with Crippen LogP contribution in [0.2, 0.25) is 0 Å². The van der Waals surface area contributed by atoms with E-state index in [9.17, 15) is 5.11 Å². The summed E-state index contributed by atoms with van der Waals surface area (Å²) in [7, 11) is 0. The Morgan fingerprint density at radius 1 is 1.37 bits per heavy atom. The molecule has 3 rings (SSSR count). The summed E-state index contributed by atoms with van der Waals surface area (Å²) in [6.07, 6.45) is 4.24. The maximum Gasteiger partial charge on any atom is 0.191 e. The zero-order chi connectivity index (χ0) is 18.9. The number of aliphatic hydroxyl groups excluding tert-OH is 1. The standard InChI is InChI=1S/C20H34N4O2S/c1-2-21-20(22-11-19(25)14-26-13-16-3-4-16)23-18-5-8-24(9-6-18)12-17-7-10-27-15-17/h7,10,15-16,18-19,25H,2-6,8-9,11-14H2,1H3,(H2,21,22,23). The number of hydrogen-bond donors (Lipinski definition) is 3. The Kier molecular flexibility index (Phi) is 8.38. The molecule has 27 heavy (non-hydrogen) atoms. The van der Waals surface area contributed by atoms with Crippen LogP contribution in [-0.2, 0) is 11.3 Å². The maximum atomic E-state index is 10.1. The Morgan fingerprint density at radius 3 is 2.85 bits per heavy atom. The molecule has 1 saturated heterocycles. The minimum absolute atomic E-state index is 0.372. The highest BCUT2D eigenvalue weighted by Crippen LogP contribution is 2.28. The third kappa shape index (κ3) is 7.78. The minimum Gasteiger partial charge on any atom is -0.389 e. The third-order valence-corrected chi connectivity index (χ3v) is 5.81. The van der Waals surface area contributed by atoms with Crippen molar-refractivity contribution in [1.29, 1.82) is 0 Å². The van der Waals surface area contributed by atoms with Crippen molar-refractivity contribution in [2.24, 2.45) is 10.9 Å². The van der Waals surface area contributed by atoms with Gasteiger partial charge in [0.25, 0.3) is 0 Å². The summed E-state index contributed by atoms with van der Waals surface area (Å²) in [5.74, 6) is 1.53. The average Bonchev–Trinajstić information content (AvgIpc) is 3.35. The Bertz CT molecular complexity index is 554. The Labute approximate surface area is 167 Å². The topological polar surface area (TPSA) is 69.1 Å². The molecular formula is C20H34N4O2S. The predicted molar refractivity (Wildman–Crippen MR) is 111 cm³/mol. The van der Waals surface area contributed by atoms with Gasteiger partial charge in [-0.1, -0.05) is 0 Å². The first kappa shape index (κ1) is 20.6. The molecule has 152 valence electrons. The van der Waals surface area contributed by atoms with Crippen molar-refractivity contribution in [3.05, 3.63) is 22.4 Å². The summed E-state index contributed by atoms with van der Waals surface area (Å²) < 4.78 is 5.55. The number of aliphatic hydroxyl groups is 1. The molecule has 6 nitrogen and oxygen atoms in total. The van der Waals surface area contributed by atoms with Crippen molar-refractivity contribution in [2.75, 3.05) is 39.4 Å². The van der Waals surface area contributed by atoms with Crippen molar-refractivity contribution in [3.63, 3.8) is 0 Å². The third-order valence-electron chi connectivity index (χ3n) is 5.08. The summed E-state index contributed by atoms with van der Waals surface area (Å²) in [6.45, 7) is 7.67. The first-order valence-electron chi connectivity index (χ1n) is 10.3. The van der Waals surface area contributed by atoms with Crippen LogP contribution in [0, 0.1) is 5.92 Å². The van der Waals surface area contributed by atoms with Gasteiger partial charge in [0.05, 0.1) is 19.3 Å². The van der Waals surface area contributed by atoms with Crippen LogP contribution in [0.15, 0.2) is 21.8 Å². The summed E-state index contributed by atoms with van der Waals surface area (Å²) >= 11 is 1.77. The molecule has 1 unspecified atom stereocenters. The van der Waals surface area contributed by atoms with Crippen LogP contribution in [-0.4, -0.2) is 67.5 Å². The van der Waals surface area contributed by atoms with E-state index in [4.69, 9.17) is 4.74 Å². The SMILES string of the molecule is CCNC(=NCC(O)COCC1CC1)NC1CCN(Cc2ccsc2)CC1. The van der Waals surface area contributed by atoms with Crippen LogP contribution in [0.1, 0.15) is 38.2 Å². The van der Waals surface area contributed by atoms with E-state index in [1.807, 2.05) is 0 Å². The number of guanidine groups is 1. The van der Waals surface area contributed by atoms with Crippen molar-refractivity contribution in [2.45, 2.75) is 51.3 Å². The number of thiophene rings is 1. The number of hydrogen-bond acceptors (Lipinski definition) is 5. The van der Waals surface area contributed by atoms with Crippen LogP contribution in [0.4, 0.5) is 0 Å². The fourth-order valence-electron chi connectivity index (χ4n) is 3.29. The van der Waals surface area contributed by atoms with Crippen LogP contribution in [0.3, 0.4) is 0 Å². The smallest absolute Gasteiger partial charge is 0.191 e. The monoisotopic (exact) mass is 394 g/mol. The molecule has 0 bridgehead atoms. The van der Waals surface area contributed by atoms with Crippen LogP contribution >= 0.6 is 11.3 Å². The van der Waals surface area contributed by atoms with Crippen LogP contribution in [0.25, 0.3) is 0 Å². The zero-order valence-electron chi connectivity index (χ0n) is 16.4. The number of piperidine rings is 1. The predicted octanol–water partition coefficient (Wildman–Crippen LogP) is 2.06. The Hall–Kier alpha value is -1.15.